The van der Waals surface area contributed by atoms with E-state index in [1.54, 1.807) is 0 Å². The van der Waals surface area contributed by atoms with Gasteiger partial charge in [0.2, 0.25) is 5.69 Å². The van der Waals surface area contributed by atoms with E-state index >= 15 is 0 Å². The van der Waals surface area contributed by atoms with Crippen molar-refractivity contribution in [2.24, 2.45) is 0 Å². The van der Waals surface area contributed by atoms with E-state index in [1.165, 1.54) is 5.56 Å². The van der Waals surface area contributed by atoms with Crippen LogP contribution in [0.2, 0.25) is 0 Å². The molecule has 0 spiro atoms. The van der Waals surface area contributed by atoms with Gasteiger partial charge < -0.3 is 19.7 Å². The van der Waals surface area contributed by atoms with Crippen LogP contribution in [0.15, 0.2) is 72.5 Å². The summed E-state index contributed by atoms with van der Waals surface area (Å²) < 4.78 is 68.9. The van der Waals surface area contributed by atoms with E-state index in [0.29, 0.717) is 44.5 Å². The molecule has 4 rings (SSSR count). The van der Waals surface area contributed by atoms with Gasteiger partial charge in [-0.3, -0.25) is 0 Å². The summed E-state index contributed by atoms with van der Waals surface area (Å²) in [7, 11) is -8.50. The summed E-state index contributed by atoms with van der Waals surface area (Å²) in [5, 5.41) is 0. The van der Waals surface area contributed by atoms with Crippen molar-refractivity contribution >= 4 is 43.0 Å². The maximum absolute atomic E-state index is 11.1. The van der Waals surface area contributed by atoms with Gasteiger partial charge in [0.25, 0.3) is 0 Å². The summed E-state index contributed by atoms with van der Waals surface area (Å²) in [4.78, 5) is 2.22. The normalized spacial score (nSPS) is 18.5. The van der Waals surface area contributed by atoms with Crippen LogP contribution < -0.4 is 10.6 Å². The number of nitrogen functional groups attached to an aromatic ring is 1. The van der Waals surface area contributed by atoms with Gasteiger partial charge in [-0.15, -0.1) is 0 Å². The molecule has 0 saturated carbocycles. The Balaban J connectivity index is 1.60. The van der Waals surface area contributed by atoms with E-state index in [0.717, 1.165) is 33.9 Å². The van der Waals surface area contributed by atoms with Crippen LogP contribution in [-0.4, -0.2) is 60.8 Å². The maximum atomic E-state index is 11.1. The van der Waals surface area contributed by atoms with E-state index in [2.05, 4.69) is 74.4 Å². The molecule has 0 unspecified atom stereocenters. The molecule has 45 heavy (non-hydrogen) atoms. The maximum Gasteiger partial charge on any atom is 0.209 e. The second-order valence-corrected chi connectivity index (χ2v) is 16.0. The number of hydrogen-bond donors (Lipinski definition) is 1. The van der Waals surface area contributed by atoms with E-state index in [1.807, 2.05) is 36.4 Å². The molecule has 9 nitrogen and oxygen atoms in total. The second-order valence-electron chi connectivity index (χ2n) is 13.0. The average Bonchev–Trinajstić information content (AvgIpc) is 3.26. The molecule has 0 bridgehead atoms. The predicted octanol–water partition coefficient (Wildman–Crippen LogP) is 5.40. The Morgan fingerprint density at radius 2 is 1.49 bits per heavy atom. The van der Waals surface area contributed by atoms with Crippen LogP contribution in [0.5, 0.6) is 0 Å². The molecule has 0 aromatic heterocycles. The fourth-order valence-corrected chi connectivity index (χ4v) is 7.53. The molecule has 244 valence electrons. The zero-order valence-corrected chi connectivity index (χ0v) is 28.4. The molecule has 0 fully saturated rings. The van der Waals surface area contributed by atoms with Gasteiger partial charge in [0, 0.05) is 64.7 Å². The van der Waals surface area contributed by atoms with Crippen molar-refractivity contribution in [2.75, 3.05) is 35.2 Å². The van der Waals surface area contributed by atoms with Crippen LogP contribution in [0.1, 0.15) is 70.1 Å². The quantitative estimate of drug-likeness (QED) is 0.0994. The predicted molar refractivity (Wildman–Crippen MR) is 179 cm³/mol. The highest BCUT2D eigenvalue weighted by Gasteiger charge is 2.44. The van der Waals surface area contributed by atoms with E-state index in [4.69, 9.17) is 5.73 Å². The summed E-state index contributed by atoms with van der Waals surface area (Å²) in [5.74, 6) is -0.745. The first-order chi connectivity index (χ1) is 20.9. The van der Waals surface area contributed by atoms with E-state index in [-0.39, 0.29) is 22.3 Å². The first-order valence-corrected chi connectivity index (χ1v) is 18.4. The summed E-state index contributed by atoms with van der Waals surface area (Å²) in [5.41, 5.74) is 13.9. The fraction of sp³-hybridized carbons (Fsp3) is 0.441. The number of aryl methyl sites for hydroxylation is 1. The van der Waals surface area contributed by atoms with Crippen molar-refractivity contribution in [1.29, 1.82) is 0 Å². The lowest BCUT2D eigenvalue weighted by Crippen LogP contribution is -2.28. The smallest absolute Gasteiger partial charge is 0.209 e. The molecule has 11 heteroatoms. The summed E-state index contributed by atoms with van der Waals surface area (Å²) in [6.45, 7) is 11.9. The first kappa shape index (κ1) is 34.6. The van der Waals surface area contributed by atoms with Gasteiger partial charge >= 0.3 is 0 Å². The van der Waals surface area contributed by atoms with Gasteiger partial charge in [-0.25, -0.2) is 16.8 Å². The third kappa shape index (κ3) is 8.13. The highest BCUT2D eigenvalue weighted by molar-refractivity contribution is 7.85. The highest BCUT2D eigenvalue weighted by Crippen LogP contribution is 2.48. The monoisotopic (exact) mass is 654 g/mol. The van der Waals surface area contributed by atoms with Crippen molar-refractivity contribution in [1.82, 2.24) is 0 Å². The van der Waals surface area contributed by atoms with Crippen molar-refractivity contribution in [3.8, 4) is 0 Å². The molecule has 0 saturated heterocycles. The van der Waals surface area contributed by atoms with Crippen LogP contribution in [-0.2, 0) is 31.1 Å². The SMILES string of the molecule is Cc1ccc2c(c1)C(C)(C)\C(=C/C=C/C=C/C1=[N+](CCCCS(=O)(=O)[O-])c3ccc(N)cc3C1(C)C)N2CCCCS(=O)(=O)[O-]. The Hall–Kier alpha value is -3.25. The van der Waals surface area contributed by atoms with E-state index in [9.17, 15) is 25.9 Å². The molecule has 0 aliphatic carbocycles. The second kappa shape index (κ2) is 13.2. The molecule has 2 N–H and O–H groups in total. The first-order valence-electron chi connectivity index (χ1n) is 15.3. The molecule has 2 aromatic carbocycles. The zero-order chi connectivity index (χ0) is 33.2. The van der Waals surface area contributed by atoms with Crippen LogP contribution >= 0.6 is 0 Å². The van der Waals surface area contributed by atoms with Crippen molar-refractivity contribution < 1.29 is 30.5 Å². The molecule has 2 aromatic rings. The molecule has 2 aliphatic rings. The van der Waals surface area contributed by atoms with Crippen LogP contribution in [0.4, 0.5) is 17.1 Å². The summed E-state index contributed by atoms with van der Waals surface area (Å²) in [6.07, 6.45) is 11.8. The lowest BCUT2D eigenvalue weighted by atomic mass is 9.81. The zero-order valence-electron chi connectivity index (χ0n) is 26.7. The molecular formula is C34H44N3O6S2-. The number of nitrogens with two attached hydrogens (primary N) is 1. The molecule has 0 amide bonds. The minimum atomic E-state index is -4.26. The van der Waals surface area contributed by atoms with Gasteiger partial charge in [0.15, 0.2) is 5.71 Å². The third-order valence-electron chi connectivity index (χ3n) is 8.75. The summed E-state index contributed by atoms with van der Waals surface area (Å²) >= 11 is 0. The van der Waals surface area contributed by atoms with Gasteiger partial charge in [0.1, 0.15) is 6.54 Å². The van der Waals surface area contributed by atoms with Crippen LogP contribution in [0.25, 0.3) is 0 Å². The number of rotatable bonds is 13. The lowest BCUT2D eigenvalue weighted by Gasteiger charge is -2.27. The average molecular weight is 655 g/mol. The molecule has 0 radical (unpaired) electrons. The fourth-order valence-electron chi connectivity index (χ4n) is 6.42. The topological polar surface area (TPSA) is 147 Å². The van der Waals surface area contributed by atoms with Gasteiger partial charge in [-0.05, 0) is 69.9 Å². The molecular weight excluding hydrogens is 611 g/mol. The number of nitrogens with zero attached hydrogens (tertiary/aromatic N) is 2. The number of anilines is 2. The van der Waals surface area contributed by atoms with Gasteiger partial charge in [-0.1, -0.05) is 49.8 Å². The minimum absolute atomic E-state index is 0.280. The minimum Gasteiger partial charge on any atom is -0.748 e. The Bertz CT molecular complexity index is 1790. The molecule has 2 aliphatic heterocycles. The molecule has 0 atom stereocenters. The van der Waals surface area contributed by atoms with Crippen molar-refractivity contribution in [3.05, 3.63) is 89.2 Å². The number of allylic oxidation sites excluding steroid dienone is 6. The van der Waals surface area contributed by atoms with Crippen LogP contribution in [0, 0.1) is 6.92 Å². The number of fused-ring (bicyclic) bond motifs is 2. The number of hydrogen-bond acceptors (Lipinski definition) is 8. The largest absolute Gasteiger partial charge is 0.748 e. The Morgan fingerprint density at radius 3 is 2.16 bits per heavy atom. The molecule has 2 heterocycles. The third-order valence-corrected chi connectivity index (χ3v) is 10.3. The highest BCUT2D eigenvalue weighted by atomic mass is 32.2. The summed E-state index contributed by atoms with van der Waals surface area (Å²) in [6, 6.07) is 12.2. The number of benzene rings is 2. The Labute approximate surface area is 268 Å². The number of unbranched alkanes of at least 4 members (excludes halogenated alkanes) is 2. The Morgan fingerprint density at radius 1 is 0.822 bits per heavy atom. The Kier molecular flexibility index (Phi) is 10.2. The lowest BCUT2D eigenvalue weighted by molar-refractivity contribution is -0.438. The van der Waals surface area contributed by atoms with E-state index < -0.39 is 20.2 Å². The van der Waals surface area contributed by atoms with Crippen LogP contribution in [0.3, 0.4) is 0 Å². The van der Waals surface area contributed by atoms with Crippen molar-refractivity contribution in [2.45, 2.75) is 71.1 Å². The van der Waals surface area contributed by atoms with Gasteiger partial charge in [-0.2, -0.15) is 4.58 Å². The standard InChI is InChI=1S/C34H45N3O6S2/c1-25-15-17-29-27(23-25)33(2,3)31(36(29)19-9-11-21-44(38,39)40)13-7-6-8-14-32-34(4,5)28-24-26(35)16-18-30(28)37(32)20-10-12-22-45(41,42)43/h6-8,13-18,23-24H,9-12,19-22,35H2,1-5H3,(H-,38,39,40,41,42,43)/p-1. The van der Waals surface area contributed by atoms with Gasteiger partial charge in [0.05, 0.1) is 25.7 Å². The van der Waals surface area contributed by atoms with Crippen molar-refractivity contribution in [3.63, 3.8) is 0 Å².